The minimum absolute atomic E-state index is 0.398. The van der Waals surface area contributed by atoms with E-state index in [-0.39, 0.29) is 0 Å². The Morgan fingerprint density at radius 3 is 1.28 bits per heavy atom. The van der Waals surface area contributed by atoms with E-state index in [0.29, 0.717) is 4.90 Å². The van der Waals surface area contributed by atoms with Crippen LogP contribution in [0.5, 0.6) is 0 Å². The average Bonchev–Trinajstić information content (AvgIpc) is 1.94. The second-order valence-electron chi connectivity index (χ2n) is 4.19. The predicted octanol–water partition coefficient (Wildman–Crippen LogP) is -0.527. The lowest BCUT2D eigenvalue weighted by atomic mass is 10.3. The molecule has 0 unspecified atom stereocenters. The van der Waals surface area contributed by atoms with Gasteiger partial charge in [-0.25, -0.2) is 0 Å². The molecule has 0 bridgehead atoms. The SMILES string of the molecule is CC(C)(N(CP(=O)(O)O)CP(=O)(O)O)P(=O)(O)O. The van der Waals surface area contributed by atoms with Gasteiger partial charge in [0.1, 0.15) is 17.9 Å². The molecule has 0 aliphatic heterocycles. The van der Waals surface area contributed by atoms with Crippen molar-refractivity contribution in [3.05, 3.63) is 0 Å². The van der Waals surface area contributed by atoms with E-state index in [1.54, 1.807) is 0 Å². The second kappa shape index (κ2) is 5.42. The number of nitrogens with zero attached hydrogens (tertiary/aromatic N) is 1. The number of rotatable bonds is 6. The van der Waals surface area contributed by atoms with Gasteiger partial charge < -0.3 is 29.4 Å². The molecule has 10 nitrogen and oxygen atoms in total. The highest BCUT2D eigenvalue weighted by Crippen LogP contribution is 2.56. The summed E-state index contributed by atoms with van der Waals surface area (Å²) in [6, 6.07) is 0. The Kier molecular flexibility index (Phi) is 5.54. The molecule has 0 heterocycles. The highest BCUT2D eigenvalue weighted by molar-refractivity contribution is 7.54. The first-order valence-electron chi connectivity index (χ1n) is 4.46. The fourth-order valence-corrected chi connectivity index (χ4v) is 3.71. The van der Waals surface area contributed by atoms with Crippen molar-refractivity contribution in [1.29, 1.82) is 0 Å². The van der Waals surface area contributed by atoms with Crippen molar-refractivity contribution < 1.29 is 43.1 Å². The molecule has 0 aliphatic carbocycles. The maximum absolute atomic E-state index is 11.2. The second-order valence-corrected chi connectivity index (χ2v) is 9.60. The molecular weight excluding hydrogens is 311 g/mol. The lowest BCUT2D eigenvalue weighted by Gasteiger charge is -2.38. The molecule has 18 heavy (non-hydrogen) atoms. The zero-order valence-electron chi connectivity index (χ0n) is 9.61. The van der Waals surface area contributed by atoms with Gasteiger partial charge >= 0.3 is 22.8 Å². The zero-order chi connectivity index (χ0) is 15.0. The smallest absolute Gasteiger partial charge is 0.324 e. The van der Waals surface area contributed by atoms with Gasteiger partial charge in [0, 0.05) is 0 Å². The van der Waals surface area contributed by atoms with Gasteiger partial charge in [-0.15, -0.1) is 0 Å². The third-order valence-corrected chi connectivity index (χ3v) is 5.32. The van der Waals surface area contributed by atoms with Crippen molar-refractivity contribution in [3.63, 3.8) is 0 Å². The first-order valence-corrected chi connectivity index (χ1v) is 9.67. The van der Waals surface area contributed by atoms with Crippen molar-refractivity contribution in [2.75, 3.05) is 12.6 Å². The molecule has 0 aromatic carbocycles. The van der Waals surface area contributed by atoms with E-state index in [1.807, 2.05) is 0 Å². The van der Waals surface area contributed by atoms with Gasteiger partial charge in [0.2, 0.25) is 0 Å². The molecular formula is C5H16NO9P3. The van der Waals surface area contributed by atoms with Crippen molar-refractivity contribution in [1.82, 2.24) is 4.90 Å². The van der Waals surface area contributed by atoms with Gasteiger partial charge in [-0.1, -0.05) is 0 Å². The lowest BCUT2D eigenvalue weighted by molar-refractivity contribution is 0.178. The summed E-state index contributed by atoms with van der Waals surface area (Å²) in [5.74, 6) is 0. The van der Waals surface area contributed by atoms with E-state index in [9.17, 15) is 13.7 Å². The normalized spacial score (nSPS) is 15.2. The van der Waals surface area contributed by atoms with Crippen LogP contribution in [0.1, 0.15) is 13.8 Å². The zero-order valence-corrected chi connectivity index (χ0v) is 12.3. The maximum Gasteiger partial charge on any atom is 0.345 e. The monoisotopic (exact) mass is 327 g/mol. The Morgan fingerprint density at radius 2 is 1.11 bits per heavy atom. The summed E-state index contributed by atoms with van der Waals surface area (Å²) in [7, 11) is -14.3. The van der Waals surface area contributed by atoms with Crippen LogP contribution in [0.15, 0.2) is 0 Å². The van der Waals surface area contributed by atoms with E-state index in [1.165, 1.54) is 0 Å². The fraction of sp³-hybridized carbons (Fsp3) is 1.00. The number of hydrogen-bond donors (Lipinski definition) is 6. The summed E-state index contributed by atoms with van der Waals surface area (Å²) in [4.78, 5) is 53.7. The van der Waals surface area contributed by atoms with Gasteiger partial charge in [-0.3, -0.25) is 18.6 Å². The van der Waals surface area contributed by atoms with Crippen LogP contribution in [0.3, 0.4) is 0 Å². The molecule has 13 heteroatoms. The third kappa shape index (κ3) is 6.04. The molecule has 0 saturated heterocycles. The molecule has 0 atom stereocenters. The Labute approximate surface area is 103 Å². The maximum atomic E-state index is 11.2. The van der Waals surface area contributed by atoms with Crippen LogP contribution in [0.4, 0.5) is 0 Å². The Balaban J connectivity index is 5.42. The molecule has 0 fully saturated rings. The average molecular weight is 327 g/mol. The summed E-state index contributed by atoms with van der Waals surface area (Å²) < 4.78 is 32.9. The molecule has 0 radical (unpaired) electrons. The van der Waals surface area contributed by atoms with Crippen LogP contribution >= 0.6 is 22.8 Å². The quantitative estimate of drug-likeness (QED) is 0.348. The van der Waals surface area contributed by atoms with Crippen LogP contribution in [0.2, 0.25) is 0 Å². The molecule has 0 rings (SSSR count). The molecule has 0 spiro atoms. The van der Waals surface area contributed by atoms with E-state index in [2.05, 4.69) is 0 Å². The molecule has 110 valence electrons. The minimum Gasteiger partial charge on any atom is -0.324 e. The van der Waals surface area contributed by atoms with Crippen molar-refractivity contribution >= 4 is 22.8 Å². The Hall–Kier alpha value is 0.410. The van der Waals surface area contributed by atoms with E-state index < -0.39 is 40.6 Å². The molecule has 0 aromatic rings. The van der Waals surface area contributed by atoms with Gasteiger partial charge in [0.15, 0.2) is 0 Å². The van der Waals surface area contributed by atoms with E-state index in [4.69, 9.17) is 29.4 Å². The molecule has 0 amide bonds. The molecule has 6 N–H and O–H groups in total. The summed E-state index contributed by atoms with van der Waals surface area (Å²) in [6.07, 6.45) is -2.34. The Bertz CT molecular complexity index is 405. The highest BCUT2D eigenvalue weighted by atomic mass is 31.2. The number of hydrogen-bond acceptors (Lipinski definition) is 4. The third-order valence-electron chi connectivity index (χ3n) is 2.20. The lowest BCUT2D eigenvalue weighted by Crippen LogP contribution is -2.44. The summed E-state index contributed by atoms with van der Waals surface area (Å²) in [5.41, 5.74) is 0. The van der Waals surface area contributed by atoms with Gasteiger partial charge in [-0.05, 0) is 13.8 Å². The van der Waals surface area contributed by atoms with Crippen LogP contribution in [-0.2, 0) is 13.7 Å². The van der Waals surface area contributed by atoms with Gasteiger partial charge in [0.05, 0.1) is 0 Å². The Morgan fingerprint density at radius 1 is 0.833 bits per heavy atom. The molecule has 0 aromatic heterocycles. The summed E-state index contributed by atoms with van der Waals surface area (Å²) in [6.45, 7) is 1.89. The predicted molar refractivity (Wildman–Crippen MR) is 61.8 cm³/mol. The van der Waals surface area contributed by atoms with Crippen LogP contribution in [0, 0.1) is 0 Å². The topological polar surface area (TPSA) is 176 Å². The summed E-state index contributed by atoms with van der Waals surface area (Å²) >= 11 is 0. The fourth-order valence-electron chi connectivity index (χ4n) is 1.02. The first kappa shape index (κ1) is 18.4. The van der Waals surface area contributed by atoms with Gasteiger partial charge in [0.25, 0.3) is 0 Å². The van der Waals surface area contributed by atoms with Crippen molar-refractivity contribution in [2.45, 2.75) is 19.1 Å². The van der Waals surface area contributed by atoms with Crippen LogP contribution in [-0.4, -0.2) is 52.1 Å². The van der Waals surface area contributed by atoms with Crippen molar-refractivity contribution in [2.24, 2.45) is 0 Å². The standard InChI is InChI=1S/C5H16NO9P3/c1-5(2,18(13,14)15)6(3-16(7,8)9)4-17(10,11)12/h3-4H2,1-2H3,(H2,7,8,9)(H2,10,11,12)(H2,13,14,15). The van der Waals surface area contributed by atoms with Gasteiger partial charge in [-0.2, -0.15) is 0 Å². The summed E-state index contributed by atoms with van der Waals surface area (Å²) in [5, 5.41) is -2.12. The minimum atomic E-state index is -4.86. The van der Waals surface area contributed by atoms with E-state index in [0.717, 1.165) is 13.8 Å². The van der Waals surface area contributed by atoms with Crippen LogP contribution < -0.4 is 0 Å². The largest absolute Gasteiger partial charge is 0.345 e. The van der Waals surface area contributed by atoms with E-state index >= 15 is 0 Å². The first-order chi connectivity index (χ1) is 7.56. The highest BCUT2D eigenvalue weighted by Gasteiger charge is 2.47. The van der Waals surface area contributed by atoms with Crippen molar-refractivity contribution in [3.8, 4) is 0 Å². The molecule has 0 saturated carbocycles. The molecule has 0 aliphatic rings. The van der Waals surface area contributed by atoms with Crippen LogP contribution in [0.25, 0.3) is 0 Å².